The molecule has 1 fully saturated rings. The van der Waals surface area contributed by atoms with Gasteiger partial charge in [-0.15, -0.1) is 0 Å². The van der Waals surface area contributed by atoms with Gasteiger partial charge in [-0.05, 0) is 32.2 Å². The van der Waals surface area contributed by atoms with Crippen molar-refractivity contribution in [1.29, 1.82) is 0 Å². The Balaban J connectivity index is 2.23. The lowest BCUT2D eigenvalue weighted by Gasteiger charge is -2.40. The second-order valence-electron chi connectivity index (χ2n) is 4.51. The van der Waals surface area contributed by atoms with Crippen LogP contribution in [0, 0.1) is 0 Å². The quantitative estimate of drug-likeness (QED) is 0.802. The van der Waals surface area contributed by atoms with Crippen LogP contribution in [-0.4, -0.2) is 37.6 Å². The minimum absolute atomic E-state index is 0.516. The van der Waals surface area contributed by atoms with Crippen LogP contribution in [0.2, 0.25) is 0 Å². The summed E-state index contributed by atoms with van der Waals surface area (Å²) in [5, 5.41) is 0. The first kappa shape index (κ1) is 11.7. The average Bonchev–Trinajstić information content (AvgIpc) is 2.19. The minimum Gasteiger partial charge on any atom is -0.397 e. The minimum atomic E-state index is 0.516. The third-order valence-corrected chi connectivity index (χ3v) is 3.62. The highest BCUT2D eigenvalue weighted by atomic mass is 79.9. The van der Waals surface area contributed by atoms with Crippen LogP contribution in [0.5, 0.6) is 0 Å². The summed E-state index contributed by atoms with van der Waals surface area (Å²) in [6, 6.07) is 6.64. The summed E-state index contributed by atoms with van der Waals surface area (Å²) < 4.78 is 1.04. The number of piperazine rings is 1. The molecule has 1 atom stereocenters. The zero-order valence-electron chi connectivity index (χ0n) is 9.78. The van der Waals surface area contributed by atoms with Crippen molar-refractivity contribution in [2.24, 2.45) is 0 Å². The van der Waals surface area contributed by atoms with E-state index in [4.69, 9.17) is 5.73 Å². The second-order valence-corrected chi connectivity index (χ2v) is 5.42. The van der Waals surface area contributed by atoms with Crippen molar-refractivity contribution in [3.05, 3.63) is 22.7 Å². The molecule has 0 aliphatic carbocycles. The molecule has 0 amide bonds. The van der Waals surface area contributed by atoms with Crippen LogP contribution in [0.15, 0.2) is 22.7 Å². The van der Waals surface area contributed by atoms with E-state index in [0.717, 1.165) is 35.5 Å². The fraction of sp³-hybridized carbons (Fsp3) is 0.500. The Bertz CT molecular complexity index is 381. The first-order chi connectivity index (χ1) is 7.58. The molecule has 4 heteroatoms. The van der Waals surface area contributed by atoms with Gasteiger partial charge in [0.25, 0.3) is 0 Å². The molecule has 2 rings (SSSR count). The standard InChI is InChI=1S/C12H18BrN3/c1-9-8-15(2)5-6-16(9)12-4-3-10(13)7-11(12)14/h3-4,7,9H,5-6,8,14H2,1-2H3/t9-/m1/s1. The van der Waals surface area contributed by atoms with Crippen molar-refractivity contribution in [1.82, 2.24) is 4.90 Å². The third kappa shape index (κ3) is 2.33. The Morgan fingerprint density at radius 2 is 2.12 bits per heavy atom. The van der Waals surface area contributed by atoms with Crippen molar-refractivity contribution in [3.8, 4) is 0 Å². The summed E-state index contributed by atoms with van der Waals surface area (Å²) >= 11 is 3.44. The monoisotopic (exact) mass is 283 g/mol. The molecule has 1 aromatic rings. The molecule has 0 saturated carbocycles. The fourth-order valence-electron chi connectivity index (χ4n) is 2.28. The number of nitrogens with zero attached hydrogens (tertiary/aromatic N) is 2. The number of halogens is 1. The summed E-state index contributed by atoms with van der Waals surface area (Å²) in [4.78, 5) is 4.75. The van der Waals surface area contributed by atoms with Crippen LogP contribution in [-0.2, 0) is 0 Å². The summed E-state index contributed by atoms with van der Waals surface area (Å²) in [5.41, 5.74) is 8.07. The lowest BCUT2D eigenvalue weighted by atomic mass is 10.1. The van der Waals surface area contributed by atoms with Crippen LogP contribution in [0.25, 0.3) is 0 Å². The van der Waals surface area contributed by atoms with Crippen LogP contribution in [0.4, 0.5) is 11.4 Å². The lowest BCUT2D eigenvalue weighted by Crippen LogP contribution is -2.50. The number of hydrogen-bond acceptors (Lipinski definition) is 3. The van der Waals surface area contributed by atoms with E-state index in [2.05, 4.69) is 51.8 Å². The van der Waals surface area contributed by atoms with Crippen molar-refractivity contribution >= 4 is 27.3 Å². The highest BCUT2D eigenvalue weighted by Crippen LogP contribution is 2.29. The highest BCUT2D eigenvalue weighted by Gasteiger charge is 2.22. The van der Waals surface area contributed by atoms with E-state index in [0.29, 0.717) is 6.04 Å². The Hall–Kier alpha value is -0.740. The molecule has 1 heterocycles. The molecule has 0 bridgehead atoms. The van der Waals surface area contributed by atoms with Gasteiger partial charge in [0.1, 0.15) is 0 Å². The molecule has 1 aliphatic heterocycles. The van der Waals surface area contributed by atoms with Crippen molar-refractivity contribution < 1.29 is 0 Å². The van der Waals surface area contributed by atoms with Gasteiger partial charge in [0.2, 0.25) is 0 Å². The van der Waals surface area contributed by atoms with E-state index in [1.54, 1.807) is 0 Å². The normalized spacial score (nSPS) is 22.4. The number of hydrogen-bond donors (Lipinski definition) is 1. The highest BCUT2D eigenvalue weighted by molar-refractivity contribution is 9.10. The Morgan fingerprint density at radius 3 is 2.75 bits per heavy atom. The second kappa shape index (κ2) is 4.63. The number of benzene rings is 1. The smallest absolute Gasteiger partial charge is 0.0604 e. The Labute approximate surface area is 105 Å². The van der Waals surface area contributed by atoms with Gasteiger partial charge >= 0.3 is 0 Å². The lowest BCUT2D eigenvalue weighted by molar-refractivity contribution is 0.276. The first-order valence-electron chi connectivity index (χ1n) is 5.58. The van der Waals surface area contributed by atoms with Gasteiger partial charge in [-0.1, -0.05) is 15.9 Å². The van der Waals surface area contributed by atoms with Crippen molar-refractivity contribution in [2.75, 3.05) is 37.3 Å². The van der Waals surface area contributed by atoms with Gasteiger partial charge in [0, 0.05) is 30.1 Å². The molecule has 0 spiro atoms. The van der Waals surface area contributed by atoms with Gasteiger partial charge in [-0.25, -0.2) is 0 Å². The molecule has 88 valence electrons. The molecule has 3 nitrogen and oxygen atoms in total. The average molecular weight is 284 g/mol. The van der Waals surface area contributed by atoms with E-state index in [-0.39, 0.29) is 0 Å². The zero-order valence-corrected chi connectivity index (χ0v) is 11.4. The third-order valence-electron chi connectivity index (χ3n) is 3.13. The predicted molar refractivity (Wildman–Crippen MR) is 72.9 cm³/mol. The molecule has 1 aliphatic rings. The molecule has 0 aromatic heterocycles. The molecule has 16 heavy (non-hydrogen) atoms. The molecular formula is C12H18BrN3. The summed E-state index contributed by atoms with van der Waals surface area (Å²) in [6.45, 7) is 5.48. The maximum atomic E-state index is 6.06. The predicted octanol–water partition coefficient (Wildman–Crippen LogP) is 2.17. The van der Waals surface area contributed by atoms with Crippen LogP contribution in [0.1, 0.15) is 6.92 Å². The number of rotatable bonds is 1. The molecular weight excluding hydrogens is 266 g/mol. The van der Waals surface area contributed by atoms with Gasteiger partial charge in [0.15, 0.2) is 0 Å². The van der Waals surface area contributed by atoms with Crippen molar-refractivity contribution in [3.63, 3.8) is 0 Å². The number of anilines is 2. The Kier molecular flexibility index (Phi) is 3.40. The van der Waals surface area contributed by atoms with Crippen molar-refractivity contribution in [2.45, 2.75) is 13.0 Å². The Morgan fingerprint density at radius 1 is 1.38 bits per heavy atom. The van der Waals surface area contributed by atoms with E-state index in [1.165, 1.54) is 0 Å². The fourth-order valence-corrected chi connectivity index (χ4v) is 2.66. The van der Waals surface area contributed by atoms with Gasteiger partial charge < -0.3 is 15.5 Å². The van der Waals surface area contributed by atoms with Gasteiger partial charge in [-0.2, -0.15) is 0 Å². The summed E-state index contributed by atoms with van der Waals surface area (Å²) in [7, 11) is 2.17. The maximum Gasteiger partial charge on any atom is 0.0604 e. The number of likely N-dealkylation sites (N-methyl/N-ethyl adjacent to an activating group) is 1. The zero-order chi connectivity index (χ0) is 11.7. The van der Waals surface area contributed by atoms with Crippen LogP contribution < -0.4 is 10.6 Å². The van der Waals surface area contributed by atoms with Gasteiger partial charge in [-0.3, -0.25) is 0 Å². The SMILES string of the molecule is C[C@@H]1CN(C)CCN1c1ccc(Br)cc1N. The van der Waals surface area contributed by atoms with E-state index < -0.39 is 0 Å². The molecule has 1 saturated heterocycles. The topological polar surface area (TPSA) is 32.5 Å². The number of nitrogen functional groups attached to an aromatic ring is 1. The van der Waals surface area contributed by atoms with Crippen LogP contribution in [0.3, 0.4) is 0 Å². The summed E-state index contributed by atoms with van der Waals surface area (Å²) in [6.07, 6.45) is 0. The van der Waals surface area contributed by atoms with Gasteiger partial charge in [0.05, 0.1) is 11.4 Å². The maximum absolute atomic E-state index is 6.06. The van der Waals surface area contributed by atoms with E-state index in [9.17, 15) is 0 Å². The molecule has 1 aromatic carbocycles. The van der Waals surface area contributed by atoms with E-state index >= 15 is 0 Å². The number of nitrogens with two attached hydrogens (primary N) is 1. The largest absolute Gasteiger partial charge is 0.397 e. The summed E-state index contributed by atoms with van der Waals surface area (Å²) in [5.74, 6) is 0. The molecule has 2 N–H and O–H groups in total. The molecule has 0 unspecified atom stereocenters. The van der Waals surface area contributed by atoms with Crippen LogP contribution >= 0.6 is 15.9 Å². The van der Waals surface area contributed by atoms with E-state index in [1.807, 2.05) is 6.07 Å². The molecule has 0 radical (unpaired) electrons. The first-order valence-corrected chi connectivity index (χ1v) is 6.37.